The summed E-state index contributed by atoms with van der Waals surface area (Å²) in [5, 5.41) is 8.65. The van der Waals surface area contributed by atoms with Crippen molar-refractivity contribution in [3.63, 3.8) is 0 Å². The van der Waals surface area contributed by atoms with Crippen LogP contribution in [0.3, 0.4) is 0 Å². The van der Waals surface area contributed by atoms with E-state index in [1.165, 1.54) is 11.3 Å². The number of nitriles is 1. The van der Waals surface area contributed by atoms with Gasteiger partial charge in [0.15, 0.2) is 0 Å². The van der Waals surface area contributed by atoms with Crippen LogP contribution in [-0.4, -0.2) is 19.7 Å². The van der Waals surface area contributed by atoms with Gasteiger partial charge in [0.2, 0.25) is 0 Å². The van der Waals surface area contributed by atoms with Crippen molar-refractivity contribution < 1.29 is 4.74 Å². The number of fused-ring (bicyclic) bond motifs is 1. The van der Waals surface area contributed by atoms with E-state index in [1.54, 1.807) is 0 Å². The van der Waals surface area contributed by atoms with Gasteiger partial charge in [-0.15, -0.1) is 0 Å². The summed E-state index contributed by atoms with van der Waals surface area (Å²) >= 11 is 0. The van der Waals surface area contributed by atoms with Gasteiger partial charge >= 0.3 is 0 Å². The summed E-state index contributed by atoms with van der Waals surface area (Å²) in [5.41, 5.74) is 3.79. The van der Waals surface area contributed by atoms with Gasteiger partial charge in [-0.1, -0.05) is 30.3 Å². The van der Waals surface area contributed by atoms with Crippen LogP contribution >= 0.6 is 0 Å². The van der Waals surface area contributed by atoms with E-state index in [9.17, 15) is 0 Å². The summed E-state index contributed by atoms with van der Waals surface area (Å²) in [6, 6.07) is 18.5. The van der Waals surface area contributed by atoms with Crippen molar-refractivity contribution in [1.82, 2.24) is 0 Å². The van der Waals surface area contributed by atoms with Crippen molar-refractivity contribution in [3.05, 3.63) is 59.7 Å². The molecule has 21 heavy (non-hydrogen) atoms. The number of benzene rings is 2. The van der Waals surface area contributed by atoms with Crippen LogP contribution in [-0.2, 0) is 12.8 Å². The third-order valence-electron chi connectivity index (χ3n) is 3.82. The molecule has 1 aliphatic rings. The zero-order valence-corrected chi connectivity index (χ0v) is 12.0. The molecule has 2 aromatic carbocycles. The van der Waals surface area contributed by atoms with Gasteiger partial charge in [-0.05, 0) is 35.7 Å². The van der Waals surface area contributed by atoms with Crippen molar-refractivity contribution >= 4 is 5.69 Å². The molecule has 106 valence electrons. The molecular formula is C18H18N2O. The Balaban J connectivity index is 1.52. The predicted octanol–water partition coefficient (Wildman–Crippen LogP) is 3.19. The van der Waals surface area contributed by atoms with Crippen LogP contribution in [0, 0.1) is 11.3 Å². The highest BCUT2D eigenvalue weighted by atomic mass is 16.5. The van der Waals surface area contributed by atoms with Gasteiger partial charge in [0.1, 0.15) is 12.4 Å². The normalized spacial score (nSPS) is 12.8. The summed E-state index contributed by atoms with van der Waals surface area (Å²) in [6.45, 7) is 2.65. The second kappa shape index (κ2) is 6.32. The molecule has 0 unspecified atom stereocenters. The number of rotatable bonds is 5. The molecule has 0 N–H and O–H groups in total. The Bertz CT molecular complexity index is 643. The summed E-state index contributed by atoms with van der Waals surface area (Å²) in [6.07, 6.45) is 1.57. The molecule has 1 heterocycles. The Kier molecular flexibility index (Phi) is 4.07. The number of nitrogens with zero attached hydrogens (tertiary/aromatic N) is 2. The van der Waals surface area contributed by atoms with E-state index >= 15 is 0 Å². The fourth-order valence-electron chi connectivity index (χ4n) is 2.71. The molecule has 0 amide bonds. The van der Waals surface area contributed by atoms with Crippen molar-refractivity contribution in [2.24, 2.45) is 0 Å². The number of anilines is 1. The molecule has 3 heteroatoms. The van der Waals surface area contributed by atoms with E-state index in [0.717, 1.165) is 30.8 Å². The Morgan fingerprint density at radius 2 is 1.90 bits per heavy atom. The standard InChI is InChI=1S/C18H18N2O/c19-11-9-15-5-7-17(8-6-15)21-14-13-20-12-10-16-3-1-2-4-18(16)20/h1-8H,9-10,12-14H2. The van der Waals surface area contributed by atoms with Crippen LogP contribution in [0.1, 0.15) is 11.1 Å². The predicted molar refractivity (Wildman–Crippen MR) is 83.6 cm³/mol. The topological polar surface area (TPSA) is 36.3 Å². The third kappa shape index (κ3) is 3.17. The highest BCUT2D eigenvalue weighted by Gasteiger charge is 2.17. The average Bonchev–Trinajstić information content (AvgIpc) is 2.93. The minimum atomic E-state index is 0.449. The summed E-state index contributed by atoms with van der Waals surface area (Å²) in [4.78, 5) is 2.37. The average molecular weight is 278 g/mol. The van der Waals surface area contributed by atoms with Crippen LogP contribution in [0.25, 0.3) is 0 Å². The number of ether oxygens (including phenoxy) is 1. The van der Waals surface area contributed by atoms with Crippen LogP contribution in [0.15, 0.2) is 48.5 Å². The van der Waals surface area contributed by atoms with E-state index in [0.29, 0.717) is 13.0 Å². The molecule has 0 saturated carbocycles. The lowest BCUT2D eigenvalue weighted by molar-refractivity contribution is 0.324. The smallest absolute Gasteiger partial charge is 0.119 e. The van der Waals surface area contributed by atoms with Gasteiger partial charge in [0.25, 0.3) is 0 Å². The van der Waals surface area contributed by atoms with Gasteiger partial charge in [-0.2, -0.15) is 5.26 Å². The zero-order valence-electron chi connectivity index (χ0n) is 12.0. The molecule has 0 aromatic heterocycles. The van der Waals surface area contributed by atoms with Gasteiger partial charge in [-0.3, -0.25) is 0 Å². The summed E-state index contributed by atoms with van der Waals surface area (Å²) < 4.78 is 5.79. The molecule has 0 atom stereocenters. The fraction of sp³-hybridized carbons (Fsp3) is 0.278. The van der Waals surface area contributed by atoms with Gasteiger partial charge in [-0.25, -0.2) is 0 Å². The maximum Gasteiger partial charge on any atom is 0.119 e. The van der Waals surface area contributed by atoms with Crippen molar-refractivity contribution in [3.8, 4) is 11.8 Å². The lowest BCUT2D eigenvalue weighted by Gasteiger charge is -2.19. The van der Waals surface area contributed by atoms with E-state index in [-0.39, 0.29) is 0 Å². The molecular weight excluding hydrogens is 260 g/mol. The Morgan fingerprint density at radius 1 is 1.10 bits per heavy atom. The van der Waals surface area contributed by atoms with E-state index in [4.69, 9.17) is 10.00 Å². The summed E-state index contributed by atoms with van der Waals surface area (Å²) in [5.74, 6) is 0.865. The minimum Gasteiger partial charge on any atom is -0.492 e. The number of hydrogen-bond acceptors (Lipinski definition) is 3. The monoisotopic (exact) mass is 278 g/mol. The largest absolute Gasteiger partial charge is 0.492 e. The van der Waals surface area contributed by atoms with E-state index < -0.39 is 0 Å². The lowest BCUT2D eigenvalue weighted by atomic mass is 10.2. The first kappa shape index (κ1) is 13.5. The second-order valence-corrected chi connectivity index (χ2v) is 5.19. The fourth-order valence-corrected chi connectivity index (χ4v) is 2.71. The van der Waals surface area contributed by atoms with Gasteiger partial charge in [0, 0.05) is 12.2 Å². The second-order valence-electron chi connectivity index (χ2n) is 5.19. The maximum atomic E-state index is 8.65. The van der Waals surface area contributed by atoms with Crippen molar-refractivity contribution in [1.29, 1.82) is 5.26 Å². The molecule has 3 nitrogen and oxygen atoms in total. The molecule has 0 spiro atoms. The lowest BCUT2D eigenvalue weighted by Crippen LogP contribution is -2.26. The zero-order chi connectivity index (χ0) is 14.5. The maximum absolute atomic E-state index is 8.65. The number of para-hydroxylation sites is 1. The van der Waals surface area contributed by atoms with Crippen molar-refractivity contribution in [2.45, 2.75) is 12.8 Å². The number of hydrogen-bond donors (Lipinski definition) is 0. The quantitative estimate of drug-likeness (QED) is 0.842. The molecule has 0 fully saturated rings. The van der Waals surface area contributed by atoms with Crippen LogP contribution in [0.4, 0.5) is 5.69 Å². The first-order valence-corrected chi connectivity index (χ1v) is 7.28. The molecule has 3 rings (SSSR count). The van der Waals surface area contributed by atoms with Crippen LogP contribution < -0.4 is 9.64 Å². The summed E-state index contributed by atoms with van der Waals surface area (Å²) in [7, 11) is 0. The SMILES string of the molecule is N#CCc1ccc(OCCN2CCc3ccccc32)cc1. The molecule has 0 radical (unpaired) electrons. The molecule has 0 bridgehead atoms. The Hall–Kier alpha value is -2.47. The minimum absolute atomic E-state index is 0.449. The first-order valence-electron chi connectivity index (χ1n) is 7.28. The highest BCUT2D eigenvalue weighted by Crippen LogP contribution is 2.26. The molecule has 0 saturated heterocycles. The van der Waals surface area contributed by atoms with Crippen LogP contribution in [0.2, 0.25) is 0 Å². The van der Waals surface area contributed by atoms with E-state index in [1.807, 2.05) is 24.3 Å². The first-order chi connectivity index (χ1) is 10.4. The molecule has 0 aliphatic carbocycles. The van der Waals surface area contributed by atoms with Gasteiger partial charge < -0.3 is 9.64 Å². The van der Waals surface area contributed by atoms with E-state index in [2.05, 4.69) is 35.2 Å². The van der Waals surface area contributed by atoms with Gasteiger partial charge in [0.05, 0.1) is 19.0 Å². The molecule has 2 aromatic rings. The van der Waals surface area contributed by atoms with Crippen molar-refractivity contribution in [2.75, 3.05) is 24.6 Å². The third-order valence-corrected chi connectivity index (χ3v) is 3.82. The Labute approximate surface area is 125 Å². The van der Waals surface area contributed by atoms with Crippen LogP contribution in [0.5, 0.6) is 5.75 Å². The Morgan fingerprint density at radius 3 is 2.71 bits per heavy atom. The highest BCUT2D eigenvalue weighted by molar-refractivity contribution is 5.57. The molecule has 1 aliphatic heterocycles.